The molecule has 0 saturated carbocycles. The van der Waals surface area contributed by atoms with Crippen LogP contribution in [0.15, 0.2) is 42.0 Å². The number of aryl methyl sites for hydroxylation is 1. The molecule has 102 valence electrons. The Morgan fingerprint density at radius 3 is 2.80 bits per heavy atom. The fourth-order valence-electron chi connectivity index (χ4n) is 2.43. The maximum atomic E-state index is 4.54. The van der Waals surface area contributed by atoms with Gasteiger partial charge in [0.05, 0.1) is 12.1 Å². The molecule has 0 saturated heterocycles. The van der Waals surface area contributed by atoms with Crippen LogP contribution in [-0.2, 0) is 6.54 Å². The summed E-state index contributed by atoms with van der Waals surface area (Å²) in [6, 6.07) is 10.5. The van der Waals surface area contributed by atoms with E-state index in [-0.39, 0.29) is 0 Å². The molecule has 0 aliphatic rings. The first kappa shape index (κ1) is 13.1. The smallest absolute Gasteiger partial charge is 0.140 e. The van der Waals surface area contributed by atoms with Gasteiger partial charge in [0, 0.05) is 16.8 Å². The summed E-state index contributed by atoms with van der Waals surface area (Å²) < 4.78 is 0. The van der Waals surface area contributed by atoms with Gasteiger partial charge in [0.25, 0.3) is 0 Å². The molecule has 0 N–H and O–H groups in total. The zero-order valence-corrected chi connectivity index (χ0v) is 12.5. The zero-order valence-electron chi connectivity index (χ0n) is 11.7. The summed E-state index contributed by atoms with van der Waals surface area (Å²) in [5.74, 6) is 1.03. The van der Waals surface area contributed by atoms with Gasteiger partial charge in [-0.3, -0.25) is 0 Å². The van der Waals surface area contributed by atoms with Crippen molar-refractivity contribution < 1.29 is 0 Å². The van der Waals surface area contributed by atoms with Crippen molar-refractivity contribution >= 4 is 28.1 Å². The van der Waals surface area contributed by atoms with Crippen LogP contribution in [0.3, 0.4) is 0 Å². The van der Waals surface area contributed by atoms with Gasteiger partial charge in [-0.2, -0.15) is 0 Å². The van der Waals surface area contributed by atoms with Crippen LogP contribution in [-0.4, -0.2) is 16.5 Å². The second-order valence-corrected chi connectivity index (χ2v) is 5.79. The Kier molecular flexibility index (Phi) is 3.65. The van der Waals surface area contributed by atoms with Crippen LogP contribution in [0.25, 0.3) is 10.9 Å². The Bertz CT molecular complexity index is 702. The number of anilines is 1. The molecule has 0 bridgehead atoms. The molecule has 0 aliphatic carbocycles. The van der Waals surface area contributed by atoms with Crippen LogP contribution in [0, 0.1) is 6.92 Å². The van der Waals surface area contributed by atoms with Crippen LogP contribution >= 0.6 is 11.3 Å². The lowest BCUT2D eigenvalue weighted by Gasteiger charge is -2.23. The molecule has 0 aliphatic heterocycles. The number of fused-ring (bicyclic) bond motifs is 1. The minimum absolute atomic E-state index is 0.897. The fraction of sp³-hybridized carbons (Fsp3) is 0.250. The number of thiophene rings is 1. The van der Waals surface area contributed by atoms with E-state index in [0.29, 0.717) is 0 Å². The summed E-state index contributed by atoms with van der Waals surface area (Å²) in [4.78, 5) is 12.6. The summed E-state index contributed by atoms with van der Waals surface area (Å²) in [7, 11) is 0. The topological polar surface area (TPSA) is 29.0 Å². The van der Waals surface area contributed by atoms with Gasteiger partial charge in [-0.15, -0.1) is 11.3 Å². The van der Waals surface area contributed by atoms with Crippen molar-refractivity contribution in [3.63, 3.8) is 0 Å². The van der Waals surface area contributed by atoms with Gasteiger partial charge in [-0.25, -0.2) is 9.97 Å². The van der Waals surface area contributed by atoms with Crippen LogP contribution in [0.5, 0.6) is 0 Å². The molecule has 4 heteroatoms. The van der Waals surface area contributed by atoms with E-state index in [1.54, 1.807) is 17.7 Å². The van der Waals surface area contributed by atoms with Crippen molar-refractivity contribution in [3.05, 3.63) is 52.5 Å². The number of aromatic nitrogens is 2. The molecule has 0 spiro atoms. The van der Waals surface area contributed by atoms with Gasteiger partial charge in [-0.1, -0.05) is 18.2 Å². The van der Waals surface area contributed by atoms with Crippen molar-refractivity contribution in [1.82, 2.24) is 9.97 Å². The molecule has 3 aromatic rings. The summed E-state index contributed by atoms with van der Waals surface area (Å²) in [5, 5.41) is 3.28. The average Bonchev–Trinajstić information content (AvgIpc) is 2.97. The summed E-state index contributed by atoms with van der Waals surface area (Å²) in [6.45, 7) is 6.11. The molecule has 2 heterocycles. The molecule has 0 radical (unpaired) electrons. The molecule has 2 aromatic heterocycles. The summed E-state index contributed by atoms with van der Waals surface area (Å²) >= 11 is 1.79. The van der Waals surface area contributed by atoms with E-state index in [1.807, 2.05) is 12.1 Å². The van der Waals surface area contributed by atoms with Gasteiger partial charge in [0.15, 0.2) is 0 Å². The van der Waals surface area contributed by atoms with E-state index in [0.717, 1.165) is 29.8 Å². The second kappa shape index (κ2) is 5.59. The molecule has 0 amide bonds. The Labute approximate surface area is 122 Å². The lowest BCUT2D eigenvalue weighted by molar-refractivity contribution is 0.825. The van der Waals surface area contributed by atoms with Crippen LogP contribution in [0.1, 0.15) is 17.4 Å². The monoisotopic (exact) mass is 283 g/mol. The average molecular weight is 283 g/mol. The quantitative estimate of drug-likeness (QED) is 0.724. The maximum absolute atomic E-state index is 4.54. The summed E-state index contributed by atoms with van der Waals surface area (Å²) in [5.41, 5.74) is 2.24. The highest BCUT2D eigenvalue weighted by molar-refractivity contribution is 7.09. The minimum Gasteiger partial charge on any atom is -0.351 e. The Balaban J connectivity index is 2.07. The number of hydrogen-bond donors (Lipinski definition) is 0. The lowest BCUT2D eigenvalue weighted by atomic mass is 10.1. The number of rotatable bonds is 4. The largest absolute Gasteiger partial charge is 0.351 e. The Morgan fingerprint density at radius 1 is 1.15 bits per heavy atom. The van der Waals surface area contributed by atoms with E-state index in [4.69, 9.17) is 0 Å². The Hall–Kier alpha value is -1.94. The third-order valence-corrected chi connectivity index (χ3v) is 4.32. The van der Waals surface area contributed by atoms with Crippen molar-refractivity contribution in [2.24, 2.45) is 0 Å². The SMILES string of the molecule is CCN(Cc1cccs1)c1ncnc2cccc(C)c12. The molecule has 0 unspecified atom stereocenters. The van der Waals surface area contributed by atoms with E-state index < -0.39 is 0 Å². The predicted octanol–water partition coefficient (Wildman–Crippen LogP) is 4.03. The second-order valence-electron chi connectivity index (χ2n) is 4.76. The molecule has 0 fully saturated rings. The van der Waals surface area contributed by atoms with Gasteiger partial charge < -0.3 is 4.90 Å². The first-order valence-electron chi connectivity index (χ1n) is 6.77. The molecular weight excluding hydrogens is 266 g/mol. The number of benzene rings is 1. The third-order valence-electron chi connectivity index (χ3n) is 3.46. The minimum atomic E-state index is 0.897. The lowest BCUT2D eigenvalue weighted by Crippen LogP contribution is -2.23. The van der Waals surface area contributed by atoms with E-state index in [9.17, 15) is 0 Å². The molecule has 0 atom stereocenters. The van der Waals surface area contributed by atoms with Gasteiger partial charge >= 0.3 is 0 Å². The zero-order chi connectivity index (χ0) is 13.9. The highest BCUT2D eigenvalue weighted by Gasteiger charge is 2.13. The molecule has 20 heavy (non-hydrogen) atoms. The molecule has 3 rings (SSSR count). The first-order chi connectivity index (χ1) is 9.79. The van der Waals surface area contributed by atoms with E-state index in [2.05, 4.69) is 52.3 Å². The van der Waals surface area contributed by atoms with Crippen molar-refractivity contribution in [2.75, 3.05) is 11.4 Å². The van der Waals surface area contributed by atoms with Crippen molar-refractivity contribution in [1.29, 1.82) is 0 Å². The van der Waals surface area contributed by atoms with Crippen molar-refractivity contribution in [3.8, 4) is 0 Å². The van der Waals surface area contributed by atoms with E-state index in [1.165, 1.54) is 10.4 Å². The van der Waals surface area contributed by atoms with Gasteiger partial charge in [0.1, 0.15) is 12.1 Å². The Morgan fingerprint density at radius 2 is 2.05 bits per heavy atom. The van der Waals surface area contributed by atoms with Crippen LogP contribution < -0.4 is 4.90 Å². The number of hydrogen-bond acceptors (Lipinski definition) is 4. The summed E-state index contributed by atoms with van der Waals surface area (Å²) in [6.07, 6.45) is 1.66. The predicted molar refractivity (Wildman–Crippen MR) is 85.3 cm³/mol. The number of nitrogens with zero attached hydrogens (tertiary/aromatic N) is 3. The van der Waals surface area contributed by atoms with E-state index >= 15 is 0 Å². The third kappa shape index (κ3) is 2.39. The van der Waals surface area contributed by atoms with Crippen LogP contribution in [0.2, 0.25) is 0 Å². The maximum Gasteiger partial charge on any atom is 0.140 e. The molecule has 1 aromatic carbocycles. The normalized spacial score (nSPS) is 10.9. The highest BCUT2D eigenvalue weighted by Crippen LogP contribution is 2.27. The van der Waals surface area contributed by atoms with Gasteiger partial charge in [0.2, 0.25) is 0 Å². The fourth-order valence-corrected chi connectivity index (χ4v) is 3.15. The highest BCUT2D eigenvalue weighted by atomic mass is 32.1. The molecular formula is C16H17N3S. The van der Waals surface area contributed by atoms with Gasteiger partial charge in [-0.05, 0) is 36.9 Å². The van der Waals surface area contributed by atoms with Crippen molar-refractivity contribution in [2.45, 2.75) is 20.4 Å². The standard InChI is InChI=1S/C16H17N3S/c1-3-19(10-13-7-5-9-20-13)16-15-12(2)6-4-8-14(15)17-11-18-16/h4-9,11H,3,10H2,1-2H3. The molecule has 3 nitrogen and oxygen atoms in total. The first-order valence-corrected chi connectivity index (χ1v) is 7.65. The van der Waals surface area contributed by atoms with Crippen LogP contribution in [0.4, 0.5) is 5.82 Å².